The molecule has 0 unspecified atom stereocenters. The Kier molecular flexibility index (Phi) is 9.03. The van der Waals surface area contributed by atoms with Crippen LogP contribution in [0.5, 0.6) is 0 Å². The average Bonchev–Trinajstić information content (AvgIpc) is 2.16. The zero-order valence-corrected chi connectivity index (χ0v) is 8.21. The van der Waals surface area contributed by atoms with Crippen molar-refractivity contribution < 1.29 is 14.6 Å². The van der Waals surface area contributed by atoms with Gasteiger partial charge < -0.3 is 15.2 Å². The summed E-state index contributed by atoms with van der Waals surface area (Å²) in [6.07, 6.45) is 2.17. The zero-order chi connectivity index (χ0) is 9.94. The normalized spacial score (nSPS) is 10.0. The number of unbranched alkanes of at least 4 members (excludes halogenated alkanes) is 1. The van der Waals surface area contributed by atoms with Gasteiger partial charge in [0.25, 0.3) is 0 Å². The van der Waals surface area contributed by atoms with E-state index >= 15 is 0 Å². The highest BCUT2D eigenvalue weighted by molar-refractivity contribution is 5.75. The minimum atomic E-state index is 0.0546. The highest BCUT2D eigenvalue weighted by Crippen LogP contribution is 1.87. The Labute approximate surface area is 79.3 Å². The highest BCUT2D eigenvalue weighted by atomic mass is 16.5. The maximum atomic E-state index is 10.7. The van der Waals surface area contributed by atoms with Crippen LogP contribution in [0.2, 0.25) is 0 Å². The number of hydrogen-bond donors (Lipinski definition) is 2. The third-order valence-corrected chi connectivity index (χ3v) is 1.59. The van der Waals surface area contributed by atoms with Crippen LogP contribution in [0.15, 0.2) is 0 Å². The van der Waals surface area contributed by atoms with Gasteiger partial charge in [-0.25, -0.2) is 0 Å². The first-order valence-electron chi connectivity index (χ1n) is 4.76. The van der Waals surface area contributed by atoms with E-state index in [-0.39, 0.29) is 12.5 Å². The monoisotopic (exact) mass is 189 g/mol. The Morgan fingerprint density at radius 1 is 1.38 bits per heavy atom. The molecule has 0 aliphatic carbocycles. The van der Waals surface area contributed by atoms with Crippen molar-refractivity contribution in [3.05, 3.63) is 0 Å². The van der Waals surface area contributed by atoms with Crippen molar-refractivity contribution in [3.63, 3.8) is 0 Å². The van der Waals surface area contributed by atoms with Gasteiger partial charge >= 0.3 is 0 Å². The van der Waals surface area contributed by atoms with E-state index in [1.807, 2.05) is 6.92 Å². The van der Waals surface area contributed by atoms with E-state index in [1.165, 1.54) is 0 Å². The van der Waals surface area contributed by atoms with Crippen LogP contribution in [0.25, 0.3) is 0 Å². The van der Waals surface area contributed by atoms with Gasteiger partial charge in [-0.2, -0.15) is 0 Å². The van der Waals surface area contributed by atoms with Gasteiger partial charge in [-0.05, 0) is 12.8 Å². The molecule has 0 rings (SSSR count). The Morgan fingerprint density at radius 2 is 2.15 bits per heavy atom. The molecule has 0 bridgehead atoms. The highest BCUT2D eigenvalue weighted by Gasteiger charge is 1.94. The predicted octanol–water partition coefficient (Wildman–Crippen LogP) is 0.302. The van der Waals surface area contributed by atoms with Gasteiger partial charge in [0.1, 0.15) is 0 Å². The smallest absolute Gasteiger partial charge is 0.219 e. The van der Waals surface area contributed by atoms with Crippen LogP contribution in [0, 0.1) is 0 Å². The molecule has 0 heterocycles. The summed E-state index contributed by atoms with van der Waals surface area (Å²) in [5.74, 6) is 0.0546. The second-order valence-corrected chi connectivity index (χ2v) is 2.75. The van der Waals surface area contributed by atoms with Crippen LogP contribution < -0.4 is 5.32 Å². The third-order valence-electron chi connectivity index (χ3n) is 1.59. The van der Waals surface area contributed by atoms with Gasteiger partial charge in [-0.1, -0.05) is 6.92 Å². The van der Waals surface area contributed by atoms with E-state index in [2.05, 4.69) is 5.32 Å². The number of carbonyl (C=O) groups excluding carboxylic acids is 1. The summed E-state index contributed by atoms with van der Waals surface area (Å²) in [6, 6.07) is 0. The van der Waals surface area contributed by atoms with Crippen molar-refractivity contribution in [3.8, 4) is 0 Å². The fraction of sp³-hybridized carbons (Fsp3) is 0.889. The number of nitrogens with one attached hydrogen (secondary N) is 1. The molecule has 0 saturated heterocycles. The first kappa shape index (κ1) is 12.4. The Balaban J connectivity index is 2.95. The summed E-state index contributed by atoms with van der Waals surface area (Å²) >= 11 is 0. The Bertz CT molecular complexity index is 128. The van der Waals surface area contributed by atoms with Gasteiger partial charge in [0.2, 0.25) is 5.91 Å². The average molecular weight is 189 g/mol. The quantitative estimate of drug-likeness (QED) is 0.540. The van der Waals surface area contributed by atoms with Gasteiger partial charge in [0, 0.05) is 26.2 Å². The number of ether oxygens (including phenoxy) is 1. The number of rotatable bonds is 8. The van der Waals surface area contributed by atoms with Crippen molar-refractivity contribution in [2.75, 3.05) is 26.4 Å². The second-order valence-electron chi connectivity index (χ2n) is 2.75. The molecule has 0 aromatic carbocycles. The summed E-state index contributed by atoms with van der Waals surface area (Å²) in [7, 11) is 0. The van der Waals surface area contributed by atoms with E-state index in [0.29, 0.717) is 26.2 Å². The molecule has 4 heteroatoms. The zero-order valence-electron chi connectivity index (χ0n) is 8.21. The van der Waals surface area contributed by atoms with Crippen molar-refractivity contribution >= 4 is 5.91 Å². The van der Waals surface area contributed by atoms with Crippen LogP contribution >= 0.6 is 0 Å². The summed E-state index contributed by atoms with van der Waals surface area (Å²) in [6.45, 7) is 3.82. The molecular weight excluding hydrogens is 170 g/mol. The second kappa shape index (κ2) is 9.48. The molecule has 4 nitrogen and oxygen atoms in total. The molecule has 0 aromatic heterocycles. The molecule has 0 aliphatic heterocycles. The lowest BCUT2D eigenvalue weighted by Gasteiger charge is -2.04. The molecule has 0 fully saturated rings. The first-order chi connectivity index (χ1) is 6.31. The molecule has 0 saturated carbocycles. The van der Waals surface area contributed by atoms with Crippen LogP contribution in [-0.4, -0.2) is 37.4 Å². The lowest BCUT2D eigenvalue weighted by atomic mass is 10.3. The summed E-state index contributed by atoms with van der Waals surface area (Å²) < 4.78 is 5.20. The first-order valence-corrected chi connectivity index (χ1v) is 4.76. The molecular formula is C9H19NO3. The Morgan fingerprint density at radius 3 is 2.77 bits per heavy atom. The van der Waals surface area contributed by atoms with E-state index in [9.17, 15) is 4.79 Å². The van der Waals surface area contributed by atoms with E-state index in [4.69, 9.17) is 9.84 Å². The lowest BCUT2D eigenvalue weighted by Crippen LogP contribution is -2.26. The number of aliphatic hydroxyl groups excluding tert-OH is 1. The van der Waals surface area contributed by atoms with Crippen LogP contribution in [0.3, 0.4) is 0 Å². The van der Waals surface area contributed by atoms with Crippen molar-refractivity contribution in [2.24, 2.45) is 0 Å². The minimum Gasteiger partial charge on any atom is -0.396 e. The largest absolute Gasteiger partial charge is 0.396 e. The van der Waals surface area contributed by atoms with Crippen molar-refractivity contribution in [2.45, 2.75) is 26.2 Å². The molecule has 0 radical (unpaired) electrons. The maximum absolute atomic E-state index is 10.7. The SMILES string of the molecule is CCC(=O)NCCOCCCCO. The van der Waals surface area contributed by atoms with Gasteiger partial charge in [0.05, 0.1) is 6.61 Å². The molecule has 78 valence electrons. The van der Waals surface area contributed by atoms with Gasteiger partial charge in [-0.15, -0.1) is 0 Å². The van der Waals surface area contributed by atoms with Crippen LogP contribution in [-0.2, 0) is 9.53 Å². The van der Waals surface area contributed by atoms with Gasteiger partial charge in [-0.3, -0.25) is 4.79 Å². The lowest BCUT2D eigenvalue weighted by molar-refractivity contribution is -0.121. The summed E-state index contributed by atoms with van der Waals surface area (Å²) in [5, 5.41) is 11.2. The van der Waals surface area contributed by atoms with Crippen LogP contribution in [0.4, 0.5) is 0 Å². The van der Waals surface area contributed by atoms with Crippen LogP contribution in [0.1, 0.15) is 26.2 Å². The maximum Gasteiger partial charge on any atom is 0.219 e. The molecule has 0 spiro atoms. The number of amides is 1. The molecule has 2 N–H and O–H groups in total. The third kappa shape index (κ3) is 9.30. The number of carbonyl (C=O) groups is 1. The van der Waals surface area contributed by atoms with E-state index in [0.717, 1.165) is 12.8 Å². The van der Waals surface area contributed by atoms with Crippen molar-refractivity contribution in [1.82, 2.24) is 5.32 Å². The standard InChI is InChI=1S/C9H19NO3/c1-2-9(12)10-5-8-13-7-4-3-6-11/h11H,2-8H2,1H3,(H,10,12). The Hall–Kier alpha value is -0.610. The fourth-order valence-electron chi connectivity index (χ4n) is 0.806. The molecule has 0 atom stereocenters. The minimum absolute atomic E-state index is 0.0546. The van der Waals surface area contributed by atoms with E-state index < -0.39 is 0 Å². The predicted molar refractivity (Wildman–Crippen MR) is 50.4 cm³/mol. The topological polar surface area (TPSA) is 58.6 Å². The molecule has 1 amide bonds. The fourth-order valence-corrected chi connectivity index (χ4v) is 0.806. The summed E-state index contributed by atoms with van der Waals surface area (Å²) in [4.78, 5) is 10.7. The summed E-state index contributed by atoms with van der Waals surface area (Å²) in [5.41, 5.74) is 0. The van der Waals surface area contributed by atoms with Gasteiger partial charge in [0.15, 0.2) is 0 Å². The number of hydrogen-bond acceptors (Lipinski definition) is 3. The van der Waals surface area contributed by atoms with E-state index in [1.54, 1.807) is 0 Å². The van der Waals surface area contributed by atoms with Crippen molar-refractivity contribution in [1.29, 1.82) is 0 Å². The number of aliphatic hydroxyl groups is 1. The molecule has 0 aromatic rings. The molecule has 0 aliphatic rings. The molecule has 13 heavy (non-hydrogen) atoms.